The van der Waals surface area contributed by atoms with Gasteiger partial charge in [-0.05, 0) is 70.6 Å². The third-order valence-corrected chi connectivity index (χ3v) is 6.85. The van der Waals surface area contributed by atoms with Gasteiger partial charge in [-0.15, -0.1) is 11.3 Å². The maximum Gasteiger partial charge on any atom is 0.337 e. The van der Waals surface area contributed by atoms with Crippen molar-refractivity contribution in [1.82, 2.24) is 9.55 Å². The Morgan fingerprint density at radius 1 is 1.26 bits per heavy atom. The molecule has 7 heteroatoms. The van der Waals surface area contributed by atoms with Crippen LogP contribution < -0.4 is 5.56 Å². The largest absolute Gasteiger partial charge is 0.479 e. The number of hydrogen-bond donors (Lipinski definition) is 1. The molecule has 1 aliphatic carbocycles. The molecule has 6 nitrogen and oxygen atoms in total. The second-order valence-electron chi connectivity index (χ2n) is 9.19. The van der Waals surface area contributed by atoms with Crippen LogP contribution in [0.2, 0.25) is 0 Å². The van der Waals surface area contributed by atoms with Gasteiger partial charge in [0.15, 0.2) is 6.10 Å². The van der Waals surface area contributed by atoms with Crippen molar-refractivity contribution in [2.24, 2.45) is 7.05 Å². The Hall–Kier alpha value is -2.51. The molecule has 0 bridgehead atoms. The van der Waals surface area contributed by atoms with E-state index in [1.54, 1.807) is 30.6 Å². The van der Waals surface area contributed by atoms with E-state index in [9.17, 15) is 14.7 Å². The first kappa shape index (κ1) is 21.7. The molecule has 3 heterocycles. The van der Waals surface area contributed by atoms with Gasteiger partial charge in [0.2, 0.25) is 5.56 Å². The van der Waals surface area contributed by atoms with Crippen LogP contribution in [0.15, 0.2) is 23.1 Å². The molecule has 1 atom stereocenters. The standard InChI is InChI=1S/C24H28N2O4S/c1-13-18(21(23(28)29)30-24(2,3)4)19(14-10-11-17(27)26(5)12-14)20-15-8-6-7-9-16(15)31-22(20)25-13/h10-12,21H,6-9H2,1-5H3,(H,28,29)/t21-/m0/s1. The number of ether oxygens (including phenoxy) is 1. The van der Waals surface area contributed by atoms with Gasteiger partial charge in [0.05, 0.1) is 5.60 Å². The zero-order valence-electron chi connectivity index (χ0n) is 18.6. The van der Waals surface area contributed by atoms with E-state index in [1.807, 2.05) is 27.7 Å². The molecule has 0 unspecified atom stereocenters. The second kappa shape index (κ2) is 7.88. The lowest BCUT2D eigenvalue weighted by atomic mass is 9.88. The zero-order valence-corrected chi connectivity index (χ0v) is 19.4. The molecule has 31 heavy (non-hydrogen) atoms. The molecule has 164 valence electrons. The van der Waals surface area contributed by atoms with Crippen molar-refractivity contribution in [3.63, 3.8) is 0 Å². The number of carboxylic acids is 1. The van der Waals surface area contributed by atoms with Gasteiger partial charge in [-0.3, -0.25) is 4.79 Å². The Balaban J connectivity index is 2.11. The predicted molar refractivity (Wildman–Crippen MR) is 123 cm³/mol. The summed E-state index contributed by atoms with van der Waals surface area (Å²) in [5.74, 6) is -1.05. The van der Waals surface area contributed by atoms with Crippen LogP contribution >= 0.6 is 11.3 Å². The number of pyridine rings is 2. The molecule has 0 amide bonds. The summed E-state index contributed by atoms with van der Waals surface area (Å²) in [7, 11) is 1.71. The van der Waals surface area contributed by atoms with Gasteiger partial charge < -0.3 is 14.4 Å². The highest BCUT2D eigenvalue weighted by Crippen LogP contribution is 2.45. The molecule has 1 N–H and O–H groups in total. The summed E-state index contributed by atoms with van der Waals surface area (Å²) in [6, 6.07) is 3.31. The summed E-state index contributed by atoms with van der Waals surface area (Å²) >= 11 is 1.70. The summed E-state index contributed by atoms with van der Waals surface area (Å²) in [5, 5.41) is 11.2. The van der Waals surface area contributed by atoms with E-state index >= 15 is 0 Å². The maximum atomic E-state index is 12.4. The summed E-state index contributed by atoms with van der Waals surface area (Å²) in [4.78, 5) is 31.6. The number of carboxylic acid groups (broad SMARTS) is 1. The fourth-order valence-corrected chi connectivity index (χ4v) is 5.68. The number of thiophene rings is 1. The van der Waals surface area contributed by atoms with E-state index in [0.29, 0.717) is 11.3 Å². The maximum absolute atomic E-state index is 12.4. The van der Waals surface area contributed by atoms with Crippen LogP contribution in [0.5, 0.6) is 0 Å². The number of carbonyl (C=O) groups is 1. The van der Waals surface area contributed by atoms with E-state index in [1.165, 1.54) is 21.1 Å². The van der Waals surface area contributed by atoms with Gasteiger partial charge in [0.25, 0.3) is 0 Å². The van der Waals surface area contributed by atoms with Crippen LogP contribution in [0, 0.1) is 6.92 Å². The van der Waals surface area contributed by atoms with Gasteiger partial charge in [0.1, 0.15) is 4.83 Å². The lowest BCUT2D eigenvalue weighted by Gasteiger charge is -2.28. The minimum Gasteiger partial charge on any atom is -0.479 e. The summed E-state index contributed by atoms with van der Waals surface area (Å²) in [6.07, 6.45) is 4.86. The molecule has 0 spiro atoms. The Morgan fingerprint density at radius 3 is 2.61 bits per heavy atom. The Labute approximate surface area is 185 Å². The molecule has 3 aromatic rings. The SMILES string of the molecule is Cc1nc2sc3c(c2c(-c2ccc(=O)n(C)c2)c1[C@H](OC(C)(C)C)C(=O)O)CCCC3. The number of hydrogen-bond acceptors (Lipinski definition) is 5. The predicted octanol–water partition coefficient (Wildman–Crippen LogP) is 4.79. The highest BCUT2D eigenvalue weighted by Gasteiger charge is 2.34. The second-order valence-corrected chi connectivity index (χ2v) is 10.3. The molecule has 4 rings (SSSR count). The van der Waals surface area contributed by atoms with Crippen molar-refractivity contribution in [2.75, 3.05) is 0 Å². The molecular weight excluding hydrogens is 412 g/mol. The molecular formula is C24H28N2O4S. The van der Waals surface area contributed by atoms with Crippen LogP contribution in [-0.4, -0.2) is 26.2 Å². The molecule has 0 aliphatic heterocycles. The number of rotatable bonds is 4. The third-order valence-electron chi connectivity index (χ3n) is 5.66. The molecule has 0 saturated carbocycles. The minimum absolute atomic E-state index is 0.111. The van der Waals surface area contributed by atoms with Crippen LogP contribution in [0.25, 0.3) is 21.3 Å². The van der Waals surface area contributed by atoms with Crippen LogP contribution in [0.1, 0.15) is 61.4 Å². The summed E-state index contributed by atoms with van der Waals surface area (Å²) in [5.41, 5.74) is 3.35. The number of nitrogens with zero attached hydrogens (tertiary/aromatic N) is 2. The first-order valence-electron chi connectivity index (χ1n) is 10.6. The van der Waals surface area contributed by atoms with E-state index in [4.69, 9.17) is 9.72 Å². The van der Waals surface area contributed by atoms with Crippen molar-refractivity contribution in [3.8, 4) is 11.1 Å². The van der Waals surface area contributed by atoms with Crippen LogP contribution in [0.3, 0.4) is 0 Å². The average molecular weight is 441 g/mol. The Kier molecular flexibility index (Phi) is 5.52. The van der Waals surface area contributed by atoms with E-state index < -0.39 is 17.7 Å². The van der Waals surface area contributed by atoms with E-state index in [-0.39, 0.29) is 5.56 Å². The van der Waals surface area contributed by atoms with E-state index in [0.717, 1.165) is 47.0 Å². The monoisotopic (exact) mass is 440 g/mol. The van der Waals surface area contributed by atoms with Crippen LogP contribution in [0.4, 0.5) is 0 Å². The van der Waals surface area contributed by atoms with Crippen molar-refractivity contribution in [1.29, 1.82) is 0 Å². The highest BCUT2D eigenvalue weighted by molar-refractivity contribution is 7.19. The minimum atomic E-state index is -1.16. The van der Waals surface area contributed by atoms with Gasteiger partial charge in [-0.25, -0.2) is 9.78 Å². The van der Waals surface area contributed by atoms with Crippen molar-refractivity contribution in [2.45, 2.75) is 65.1 Å². The van der Waals surface area contributed by atoms with Crippen LogP contribution in [-0.2, 0) is 29.4 Å². The molecule has 0 saturated heterocycles. The smallest absolute Gasteiger partial charge is 0.337 e. The number of aryl methyl sites for hydroxylation is 4. The van der Waals surface area contributed by atoms with Gasteiger partial charge in [-0.2, -0.15) is 0 Å². The quantitative estimate of drug-likeness (QED) is 0.631. The van der Waals surface area contributed by atoms with Crippen molar-refractivity contribution in [3.05, 3.63) is 50.4 Å². The summed E-state index contributed by atoms with van der Waals surface area (Å²) in [6.45, 7) is 7.40. The number of aromatic nitrogens is 2. The molecule has 3 aromatic heterocycles. The molecule has 0 fully saturated rings. The van der Waals surface area contributed by atoms with Crippen molar-refractivity contribution < 1.29 is 14.6 Å². The first-order chi connectivity index (χ1) is 14.6. The number of aliphatic carboxylic acids is 1. The Bertz CT molecular complexity index is 1230. The fraction of sp³-hybridized carbons (Fsp3) is 0.458. The highest BCUT2D eigenvalue weighted by atomic mass is 32.1. The molecule has 1 aliphatic rings. The van der Waals surface area contributed by atoms with Gasteiger partial charge in [0, 0.05) is 46.4 Å². The Morgan fingerprint density at radius 2 is 1.97 bits per heavy atom. The lowest BCUT2D eigenvalue weighted by Crippen LogP contribution is -2.28. The number of fused-ring (bicyclic) bond motifs is 3. The topological polar surface area (TPSA) is 81.4 Å². The molecule has 0 aromatic carbocycles. The zero-order chi connectivity index (χ0) is 22.5. The van der Waals surface area contributed by atoms with Crippen molar-refractivity contribution >= 4 is 27.5 Å². The summed E-state index contributed by atoms with van der Waals surface area (Å²) < 4.78 is 7.57. The third kappa shape index (κ3) is 4.04. The molecule has 0 radical (unpaired) electrons. The van der Waals surface area contributed by atoms with Gasteiger partial charge in [-0.1, -0.05) is 0 Å². The van der Waals surface area contributed by atoms with E-state index in [2.05, 4.69) is 0 Å². The first-order valence-corrected chi connectivity index (χ1v) is 11.4. The fourth-order valence-electron chi connectivity index (χ4n) is 4.36. The average Bonchev–Trinajstić information content (AvgIpc) is 3.04. The van der Waals surface area contributed by atoms with Gasteiger partial charge >= 0.3 is 5.97 Å². The normalized spacial score (nSPS) is 15.1. The lowest BCUT2D eigenvalue weighted by molar-refractivity contribution is -0.160.